The second-order valence-corrected chi connectivity index (χ2v) is 5.97. The molecule has 0 radical (unpaired) electrons. The number of nitrogens with zero attached hydrogens (tertiary/aromatic N) is 1. The van der Waals surface area contributed by atoms with Crippen LogP contribution in [0.15, 0.2) is 6.20 Å². The molecule has 0 bridgehead atoms. The Morgan fingerprint density at radius 2 is 2.14 bits per heavy atom. The molecule has 1 N–H and O–H groups in total. The number of hydrogen-bond donors (Lipinski definition) is 1. The Kier molecular flexibility index (Phi) is 3.67. The molecule has 1 heterocycles. The summed E-state index contributed by atoms with van der Waals surface area (Å²) in [6, 6.07) is 0. The zero-order valence-electron chi connectivity index (χ0n) is 9.37. The fourth-order valence-corrected chi connectivity index (χ4v) is 2.38. The lowest BCUT2D eigenvalue weighted by Gasteiger charge is -2.19. The molecule has 0 aliphatic heterocycles. The molecule has 3 heteroatoms. The van der Waals surface area contributed by atoms with Gasteiger partial charge in [-0.05, 0) is 11.8 Å². The van der Waals surface area contributed by atoms with Crippen LogP contribution in [0.5, 0.6) is 0 Å². The molecule has 1 aromatic rings. The molecule has 0 fully saturated rings. The number of aromatic nitrogens is 1. The van der Waals surface area contributed by atoms with Crippen molar-refractivity contribution in [2.24, 2.45) is 5.41 Å². The summed E-state index contributed by atoms with van der Waals surface area (Å²) in [6.07, 6.45) is 2.85. The van der Waals surface area contributed by atoms with Gasteiger partial charge in [-0.2, -0.15) is 0 Å². The van der Waals surface area contributed by atoms with E-state index in [2.05, 4.69) is 32.7 Å². The summed E-state index contributed by atoms with van der Waals surface area (Å²) in [6.45, 7) is 8.67. The molecule has 0 atom stereocenters. The Morgan fingerprint density at radius 1 is 1.50 bits per heavy atom. The van der Waals surface area contributed by atoms with Gasteiger partial charge in [0.1, 0.15) is 0 Å². The van der Waals surface area contributed by atoms with E-state index >= 15 is 0 Å². The van der Waals surface area contributed by atoms with Crippen LogP contribution < -0.4 is 0 Å². The Balaban J connectivity index is 2.69. The first-order chi connectivity index (χ1) is 6.44. The van der Waals surface area contributed by atoms with Crippen molar-refractivity contribution in [1.29, 1.82) is 0 Å². The van der Waals surface area contributed by atoms with Crippen LogP contribution in [0, 0.1) is 5.41 Å². The molecule has 0 aliphatic carbocycles. The first kappa shape index (κ1) is 11.7. The maximum Gasteiger partial charge on any atom is 0.0953 e. The molecule has 1 rings (SSSR count). The van der Waals surface area contributed by atoms with Crippen LogP contribution in [0.25, 0.3) is 0 Å². The normalized spacial score (nSPS) is 12.4. The van der Waals surface area contributed by atoms with Gasteiger partial charge in [0.05, 0.1) is 5.01 Å². The highest BCUT2D eigenvalue weighted by molar-refractivity contribution is 7.11. The van der Waals surface area contributed by atoms with E-state index in [0.717, 1.165) is 6.42 Å². The number of aliphatic hydroxyl groups is 1. The van der Waals surface area contributed by atoms with E-state index in [4.69, 9.17) is 5.11 Å². The van der Waals surface area contributed by atoms with Gasteiger partial charge < -0.3 is 5.11 Å². The summed E-state index contributed by atoms with van der Waals surface area (Å²) in [7, 11) is 0. The highest BCUT2D eigenvalue weighted by Crippen LogP contribution is 2.27. The molecular formula is C11H19NOS. The van der Waals surface area contributed by atoms with Crippen LogP contribution in [0.4, 0.5) is 0 Å². The third-order valence-corrected chi connectivity index (χ3v) is 3.44. The Labute approximate surface area is 90.0 Å². The van der Waals surface area contributed by atoms with Crippen molar-refractivity contribution in [3.05, 3.63) is 16.1 Å². The van der Waals surface area contributed by atoms with Gasteiger partial charge >= 0.3 is 0 Å². The zero-order chi connectivity index (χ0) is 10.8. The topological polar surface area (TPSA) is 33.1 Å². The van der Waals surface area contributed by atoms with Crippen molar-refractivity contribution < 1.29 is 5.11 Å². The number of thiazole rings is 1. The number of rotatable bonds is 4. The van der Waals surface area contributed by atoms with Crippen LogP contribution in [0.1, 0.15) is 43.5 Å². The highest BCUT2D eigenvalue weighted by Gasteiger charge is 2.19. The average Bonchev–Trinajstić information content (AvgIpc) is 2.52. The third-order valence-electron chi connectivity index (χ3n) is 2.15. The van der Waals surface area contributed by atoms with Gasteiger partial charge in [-0.3, -0.25) is 0 Å². The fourth-order valence-electron chi connectivity index (χ4n) is 1.20. The highest BCUT2D eigenvalue weighted by atomic mass is 32.1. The van der Waals surface area contributed by atoms with Crippen LogP contribution in [0.3, 0.4) is 0 Å². The predicted octanol–water partition coefficient (Wildman–Crippen LogP) is 2.83. The van der Waals surface area contributed by atoms with Crippen molar-refractivity contribution in [2.45, 2.75) is 40.0 Å². The number of hydrogen-bond acceptors (Lipinski definition) is 3. The number of aliphatic hydroxyl groups excluding tert-OH is 1. The molecule has 0 spiro atoms. The molecule has 80 valence electrons. The predicted molar refractivity (Wildman–Crippen MR) is 60.8 cm³/mol. The smallest absolute Gasteiger partial charge is 0.0953 e. The lowest BCUT2D eigenvalue weighted by molar-refractivity contribution is 0.160. The van der Waals surface area contributed by atoms with Gasteiger partial charge in [0.15, 0.2) is 0 Å². The molecule has 0 aromatic carbocycles. The second-order valence-electron chi connectivity index (χ2n) is 4.82. The molecule has 14 heavy (non-hydrogen) atoms. The summed E-state index contributed by atoms with van der Waals surface area (Å²) in [5.41, 5.74) is -0.0270. The van der Waals surface area contributed by atoms with Crippen LogP contribution in [-0.4, -0.2) is 16.7 Å². The second kappa shape index (κ2) is 4.41. The fraction of sp³-hybridized carbons (Fsp3) is 0.727. The average molecular weight is 213 g/mol. The van der Waals surface area contributed by atoms with E-state index in [-0.39, 0.29) is 12.0 Å². The molecule has 0 aliphatic rings. The van der Waals surface area contributed by atoms with Crippen molar-refractivity contribution in [1.82, 2.24) is 4.98 Å². The first-order valence-corrected chi connectivity index (χ1v) is 5.82. The van der Waals surface area contributed by atoms with E-state index in [1.807, 2.05) is 6.20 Å². The minimum atomic E-state index is -0.0270. The molecular weight excluding hydrogens is 194 g/mol. The van der Waals surface area contributed by atoms with Crippen LogP contribution >= 0.6 is 11.3 Å². The summed E-state index contributed by atoms with van der Waals surface area (Å²) < 4.78 is 0. The standard InChI is InChI=1S/C11H19NOS/c1-8(2)10-12-6-9(14-10)5-11(3,4)7-13/h6,8,13H,5,7H2,1-4H3. The SMILES string of the molecule is CC(C)c1ncc(CC(C)(C)CO)s1. The monoisotopic (exact) mass is 213 g/mol. The minimum absolute atomic E-state index is 0.0270. The van der Waals surface area contributed by atoms with Gasteiger partial charge in [-0.25, -0.2) is 4.98 Å². The Hall–Kier alpha value is -0.410. The van der Waals surface area contributed by atoms with Crippen LogP contribution in [0.2, 0.25) is 0 Å². The van der Waals surface area contributed by atoms with E-state index < -0.39 is 0 Å². The maximum atomic E-state index is 9.16. The molecule has 0 saturated carbocycles. The molecule has 2 nitrogen and oxygen atoms in total. The van der Waals surface area contributed by atoms with Crippen molar-refractivity contribution in [3.8, 4) is 0 Å². The van der Waals surface area contributed by atoms with E-state index in [1.165, 1.54) is 9.88 Å². The zero-order valence-corrected chi connectivity index (χ0v) is 10.2. The lowest BCUT2D eigenvalue weighted by Crippen LogP contribution is -2.18. The molecule has 1 aromatic heterocycles. The summed E-state index contributed by atoms with van der Waals surface area (Å²) >= 11 is 1.76. The van der Waals surface area contributed by atoms with Crippen molar-refractivity contribution in [3.63, 3.8) is 0 Å². The van der Waals surface area contributed by atoms with Gasteiger partial charge in [-0.1, -0.05) is 27.7 Å². The summed E-state index contributed by atoms with van der Waals surface area (Å²) in [5.74, 6) is 0.506. The summed E-state index contributed by atoms with van der Waals surface area (Å²) in [5, 5.41) is 10.3. The van der Waals surface area contributed by atoms with Crippen molar-refractivity contribution >= 4 is 11.3 Å². The molecule has 0 unspecified atom stereocenters. The minimum Gasteiger partial charge on any atom is -0.396 e. The van der Waals surface area contributed by atoms with Gasteiger partial charge in [0.2, 0.25) is 0 Å². The van der Waals surface area contributed by atoms with E-state index in [1.54, 1.807) is 11.3 Å². The van der Waals surface area contributed by atoms with E-state index in [9.17, 15) is 0 Å². The first-order valence-electron chi connectivity index (χ1n) is 5.00. The van der Waals surface area contributed by atoms with Crippen LogP contribution in [-0.2, 0) is 6.42 Å². The van der Waals surface area contributed by atoms with Gasteiger partial charge in [-0.15, -0.1) is 11.3 Å². The van der Waals surface area contributed by atoms with Crippen molar-refractivity contribution in [2.75, 3.05) is 6.61 Å². The molecule has 0 saturated heterocycles. The Morgan fingerprint density at radius 3 is 2.57 bits per heavy atom. The quantitative estimate of drug-likeness (QED) is 0.834. The van der Waals surface area contributed by atoms with Gasteiger partial charge in [0, 0.05) is 23.6 Å². The Bertz CT molecular complexity index is 291. The third kappa shape index (κ3) is 3.07. The lowest BCUT2D eigenvalue weighted by atomic mass is 9.90. The summed E-state index contributed by atoms with van der Waals surface area (Å²) in [4.78, 5) is 5.64. The molecule has 0 amide bonds. The van der Waals surface area contributed by atoms with Gasteiger partial charge in [0.25, 0.3) is 0 Å². The van der Waals surface area contributed by atoms with E-state index in [0.29, 0.717) is 5.92 Å². The largest absolute Gasteiger partial charge is 0.396 e. The maximum absolute atomic E-state index is 9.16.